The summed E-state index contributed by atoms with van der Waals surface area (Å²) in [5.41, 5.74) is 8.30. The molecule has 0 saturated carbocycles. The van der Waals surface area contributed by atoms with Crippen molar-refractivity contribution in [2.24, 2.45) is 10.7 Å². The Hall–Kier alpha value is -3.24. The van der Waals surface area contributed by atoms with Crippen LogP contribution in [-0.4, -0.2) is 31.0 Å². The Morgan fingerprint density at radius 1 is 1.16 bits per heavy atom. The van der Waals surface area contributed by atoms with Crippen LogP contribution in [0.5, 0.6) is 0 Å². The monoisotopic (exact) mass is 453 g/mol. The molecule has 3 atom stereocenters. The largest absolute Gasteiger partial charge is 0.423 e. The topological polar surface area (TPSA) is 107 Å². The molecular formula is C21H16FN5O2S2. The first-order valence-electron chi connectivity index (χ1n) is 9.37. The van der Waals surface area contributed by atoms with Gasteiger partial charge in [-0.25, -0.2) is 4.39 Å². The van der Waals surface area contributed by atoms with Gasteiger partial charge >= 0.3 is 0 Å². The molecule has 31 heavy (non-hydrogen) atoms. The first kappa shape index (κ1) is 19.7. The van der Waals surface area contributed by atoms with Gasteiger partial charge < -0.3 is 10.2 Å². The first-order chi connectivity index (χ1) is 15.1. The van der Waals surface area contributed by atoms with Crippen molar-refractivity contribution in [1.29, 1.82) is 0 Å². The number of thiophene rings is 1. The van der Waals surface area contributed by atoms with E-state index in [9.17, 15) is 8.60 Å². The normalized spacial score (nSPS) is 21.1. The Bertz CT molecular complexity index is 1270. The number of pyridine rings is 1. The minimum absolute atomic E-state index is 0.181. The van der Waals surface area contributed by atoms with E-state index in [0.717, 1.165) is 16.0 Å². The predicted octanol–water partition coefficient (Wildman–Crippen LogP) is 3.90. The van der Waals surface area contributed by atoms with E-state index in [4.69, 9.17) is 10.2 Å². The molecule has 0 bridgehead atoms. The molecule has 10 heteroatoms. The summed E-state index contributed by atoms with van der Waals surface area (Å²) in [5, 5.41) is 7.02. The summed E-state index contributed by atoms with van der Waals surface area (Å²) in [6.45, 7) is 0. The van der Waals surface area contributed by atoms with Gasteiger partial charge in [0.2, 0.25) is 12.3 Å². The average Bonchev–Trinajstić information content (AvgIpc) is 3.44. The van der Waals surface area contributed by atoms with Crippen LogP contribution in [0, 0.1) is 5.82 Å². The summed E-state index contributed by atoms with van der Waals surface area (Å²) < 4.78 is 33.0. The van der Waals surface area contributed by atoms with Gasteiger partial charge in [0.05, 0.1) is 16.3 Å². The average molecular weight is 454 g/mol. The zero-order valence-electron chi connectivity index (χ0n) is 16.0. The summed E-state index contributed by atoms with van der Waals surface area (Å²) in [5.74, 6) is 0.389. The Balaban J connectivity index is 1.46. The van der Waals surface area contributed by atoms with Gasteiger partial charge in [-0.3, -0.25) is 14.2 Å². The van der Waals surface area contributed by atoms with Gasteiger partial charge in [0.15, 0.2) is 0 Å². The minimum atomic E-state index is -1.36. The van der Waals surface area contributed by atoms with Crippen molar-refractivity contribution in [2.45, 2.75) is 11.3 Å². The van der Waals surface area contributed by atoms with Crippen molar-refractivity contribution in [2.75, 3.05) is 5.75 Å². The van der Waals surface area contributed by atoms with Gasteiger partial charge in [-0.15, -0.1) is 21.5 Å². The zero-order chi connectivity index (χ0) is 21.4. The van der Waals surface area contributed by atoms with Crippen molar-refractivity contribution in [3.8, 4) is 21.9 Å². The number of amidine groups is 1. The van der Waals surface area contributed by atoms with Gasteiger partial charge in [-0.2, -0.15) is 0 Å². The van der Waals surface area contributed by atoms with E-state index in [1.54, 1.807) is 18.3 Å². The number of rotatable bonds is 4. The molecule has 156 valence electrons. The van der Waals surface area contributed by atoms with Crippen molar-refractivity contribution in [1.82, 2.24) is 15.2 Å². The molecule has 4 heterocycles. The molecule has 2 N–H and O–H groups in total. The quantitative estimate of drug-likeness (QED) is 0.502. The SMILES string of the molecule is NC1=NC(c2sc(-c3cccc(-c4nnco4)c3)cc2F)CS(=O)C1c1ccccn1. The van der Waals surface area contributed by atoms with E-state index in [-0.39, 0.29) is 11.6 Å². The van der Waals surface area contributed by atoms with Gasteiger partial charge in [0.1, 0.15) is 22.9 Å². The second-order valence-corrected chi connectivity index (χ2v) is 9.55. The van der Waals surface area contributed by atoms with Crippen LogP contribution < -0.4 is 5.73 Å². The predicted molar refractivity (Wildman–Crippen MR) is 117 cm³/mol. The fourth-order valence-corrected chi connectivity index (χ4v) is 6.14. The van der Waals surface area contributed by atoms with Crippen LogP contribution in [0.4, 0.5) is 4.39 Å². The summed E-state index contributed by atoms with van der Waals surface area (Å²) in [6.07, 6.45) is 2.88. The molecule has 4 aromatic rings. The number of hydrogen-bond acceptors (Lipinski definition) is 8. The molecular weight excluding hydrogens is 437 g/mol. The van der Waals surface area contributed by atoms with Gasteiger partial charge in [-0.1, -0.05) is 18.2 Å². The molecule has 0 spiro atoms. The lowest BCUT2D eigenvalue weighted by atomic mass is 10.1. The van der Waals surface area contributed by atoms with Gasteiger partial charge in [-0.05, 0) is 35.9 Å². The Morgan fingerprint density at radius 3 is 2.77 bits per heavy atom. The second kappa shape index (κ2) is 8.12. The second-order valence-electron chi connectivity index (χ2n) is 6.90. The van der Waals surface area contributed by atoms with E-state index in [0.29, 0.717) is 16.5 Å². The molecule has 1 aliphatic heterocycles. The lowest BCUT2D eigenvalue weighted by molar-refractivity contribution is 0.568. The maximum absolute atomic E-state index is 14.9. The third-order valence-corrected chi connectivity index (χ3v) is 7.80. The third kappa shape index (κ3) is 3.79. The standard InChI is InChI=1S/C21H16FN5O2S2/c22-14-9-17(12-4-3-5-13(8-12)21-27-25-11-29-21)30-18(14)16-10-31(28)19(20(23)26-16)15-6-1-2-7-24-15/h1-9,11,16,19H,10H2,(H2,23,26). The van der Waals surface area contributed by atoms with E-state index in [1.807, 2.05) is 30.3 Å². The molecule has 0 saturated heterocycles. The highest BCUT2D eigenvalue weighted by atomic mass is 32.2. The van der Waals surface area contributed by atoms with Crippen molar-refractivity contribution < 1.29 is 13.0 Å². The van der Waals surface area contributed by atoms with Crippen LogP contribution >= 0.6 is 11.3 Å². The highest BCUT2D eigenvalue weighted by Crippen LogP contribution is 2.39. The number of aliphatic imine (C=N–C) groups is 1. The number of aromatic nitrogens is 3. The number of nitrogens with zero attached hydrogens (tertiary/aromatic N) is 4. The van der Waals surface area contributed by atoms with Crippen molar-refractivity contribution in [3.63, 3.8) is 0 Å². The maximum atomic E-state index is 14.9. The molecule has 0 aliphatic carbocycles. The fraction of sp³-hybridized carbons (Fsp3) is 0.143. The molecule has 0 radical (unpaired) electrons. The fourth-order valence-electron chi connectivity index (χ4n) is 3.48. The van der Waals surface area contributed by atoms with E-state index < -0.39 is 27.9 Å². The Kier molecular flexibility index (Phi) is 5.16. The maximum Gasteiger partial charge on any atom is 0.247 e. The summed E-state index contributed by atoms with van der Waals surface area (Å²) in [4.78, 5) is 9.87. The molecule has 3 aromatic heterocycles. The van der Waals surface area contributed by atoms with E-state index >= 15 is 0 Å². The van der Waals surface area contributed by atoms with Gasteiger partial charge in [0, 0.05) is 27.4 Å². The van der Waals surface area contributed by atoms with E-state index in [1.165, 1.54) is 23.8 Å². The summed E-state index contributed by atoms with van der Waals surface area (Å²) in [6, 6.07) is 13.6. The van der Waals surface area contributed by atoms with Gasteiger partial charge in [0.25, 0.3) is 0 Å². The number of halogens is 1. The van der Waals surface area contributed by atoms with Crippen LogP contribution in [0.15, 0.2) is 70.5 Å². The molecule has 1 aromatic carbocycles. The van der Waals surface area contributed by atoms with Crippen LogP contribution in [-0.2, 0) is 10.8 Å². The minimum Gasteiger partial charge on any atom is -0.423 e. The molecule has 7 nitrogen and oxygen atoms in total. The lowest BCUT2D eigenvalue weighted by Crippen LogP contribution is -2.33. The first-order valence-corrected chi connectivity index (χ1v) is 11.6. The van der Waals surface area contributed by atoms with Crippen molar-refractivity contribution in [3.05, 3.63) is 77.5 Å². The van der Waals surface area contributed by atoms with Crippen LogP contribution in [0.1, 0.15) is 21.9 Å². The van der Waals surface area contributed by atoms with Crippen LogP contribution in [0.3, 0.4) is 0 Å². The molecule has 0 fully saturated rings. The highest BCUT2D eigenvalue weighted by molar-refractivity contribution is 7.86. The molecule has 1 aliphatic rings. The summed E-state index contributed by atoms with van der Waals surface area (Å²) >= 11 is 1.27. The molecule has 3 unspecified atom stereocenters. The van der Waals surface area contributed by atoms with E-state index in [2.05, 4.69) is 20.2 Å². The number of hydrogen-bond donors (Lipinski definition) is 1. The highest BCUT2D eigenvalue weighted by Gasteiger charge is 2.34. The number of benzene rings is 1. The Morgan fingerprint density at radius 2 is 2.03 bits per heavy atom. The summed E-state index contributed by atoms with van der Waals surface area (Å²) in [7, 11) is -1.36. The Labute approximate surface area is 183 Å². The number of nitrogens with two attached hydrogens (primary N) is 1. The van der Waals surface area contributed by atoms with Crippen LogP contribution in [0.2, 0.25) is 0 Å². The van der Waals surface area contributed by atoms with Crippen LogP contribution in [0.25, 0.3) is 21.9 Å². The smallest absolute Gasteiger partial charge is 0.247 e. The zero-order valence-corrected chi connectivity index (χ0v) is 17.6. The lowest BCUT2D eigenvalue weighted by Gasteiger charge is -2.24. The van der Waals surface area contributed by atoms with Crippen molar-refractivity contribution >= 4 is 28.0 Å². The molecule has 5 rings (SSSR count). The third-order valence-electron chi connectivity index (χ3n) is 4.88. The molecule has 0 amide bonds.